The largest absolute Gasteiger partial charge is 0.461 e. The fourth-order valence-electron chi connectivity index (χ4n) is 4.57. The number of hydrogen-bond donors (Lipinski definition) is 2. The molecule has 0 bridgehead atoms. The Balaban J connectivity index is 1.66. The molecule has 0 spiro atoms. The molecule has 0 fully saturated rings. The molecule has 4 aromatic rings. The smallest absolute Gasteiger partial charge is 0.417 e. The normalized spacial score (nSPS) is 14.3. The molecule has 1 atom stereocenters. The van der Waals surface area contributed by atoms with Crippen LogP contribution < -0.4 is 0 Å². The minimum absolute atomic E-state index is 0.0757. The first-order chi connectivity index (χ1) is 16.3. The second-order valence-electron chi connectivity index (χ2n) is 9.48. The quantitative estimate of drug-likeness (QED) is 0.246. The molecule has 184 valence electrons. The van der Waals surface area contributed by atoms with E-state index in [4.69, 9.17) is 4.42 Å². The molecule has 0 saturated carbocycles. The summed E-state index contributed by atoms with van der Waals surface area (Å²) in [5, 5.41) is 11.4. The fourth-order valence-corrected chi connectivity index (χ4v) is 4.57. The summed E-state index contributed by atoms with van der Waals surface area (Å²) in [6.45, 7) is 4.79. The standard InChI is InChI=1S/C26H24F4N2O3/c1-15-6-7-17(27)11-19(15)24(2,3)14-25(34,26(28,29)30)12-18-9-16-10-20(31-13-21(16)32-18)23(33)22-5-4-8-35-22/h4-11,13,32,34H,12,14H2,1-3H3. The van der Waals surface area contributed by atoms with Crippen LogP contribution in [0.4, 0.5) is 17.6 Å². The summed E-state index contributed by atoms with van der Waals surface area (Å²) in [6.07, 6.45) is -3.71. The Bertz CT molecular complexity index is 1370. The van der Waals surface area contributed by atoms with Crippen LogP contribution in [0.15, 0.2) is 59.3 Å². The lowest BCUT2D eigenvalue weighted by molar-refractivity contribution is -0.266. The molecule has 0 aliphatic heterocycles. The molecule has 0 saturated heterocycles. The first-order valence-electron chi connectivity index (χ1n) is 10.9. The van der Waals surface area contributed by atoms with E-state index in [0.29, 0.717) is 22.0 Å². The number of benzene rings is 1. The Labute approximate surface area is 198 Å². The van der Waals surface area contributed by atoms with E-state index in [0.717, 1.165) is 0 Å². The van der Waals surface area contributed by atoms with Crippen LogP contribution in [0, 0.1) is 12.7 Å². The molecule has 5 nitrogen and oxygen atoms in total. The van der Waals surface area contributed by atoms with Crippen molar-refractivity contribution >= 4 is 16.7 Å². The van der Waals surface area contributed by atoms with Gasteiger partial charge in [-0.2, -0.15) is 13.2 Å². The van der Waals surface area contributed by atoms with Crippen molar-refractivity contribution in [3.63, 3.8) is 0 Å². The highest BCUT2D eigenvalue weighted by Crippen LogP contribution is 2.44. The average molecular weight is 488 g/mol. The lowest BCUT2D eigenvalue weighted by atomic mass is 9.72. The number of nitrogens with one attached hydrogen (secondary N) is 1. The van der Waals surface area contributed by atoms with Crippen molar-refractivity contribution in [1.82, 2.24) is 9.97 Å². The second-order valence-corrected chi connectivity index (χ2v) is 9.48. The van der Waals surface area contributed by atoms with E-state index in [1.165, 1.54) is 48.9 Å². The number of aliphatic hydroxyl groups is 1. The number of rotatable bonds is 7. The van der Waals surface area contributed by atoms with Gasteiger partial charge in [-0.3, -0.25) is 9.78 Å². The van der Waals surface area contributed by atoms with E-state index in [1.807, 2.05) is 0 Å². The van der Waals surface area contributed by atoms with Gasteiger partial charge in [0.15, 0.2) is 11.4 Å². The van der Waals surface area contributed by atoms with Crippen LogP contribution in [0.1, 0.15) is 53.3 Å². The Kier molecular flexibility index (Phi) is 6.09. The number of H-pyrrole nitrogens is 1. The van der Waals surface area contributed by atoms with Crippen LogP contribution in [0.25, 0.3) is 10.9 Å². The number of aryl methyl sites for hydroxylation is 1. The van der Waals surface area contributed by atoms with Crippen LogP contribution in [0.3, 0.4) is 0 Å². The molecule has 2 N–H and O–H groups in total. The Hall–Kier alpha value is -3.46. The molecule has 0 radical (unpaired) electrons. The third kappa shape index (κ3) is 4.86. The highest BCUT2D eigenvalue weighted by atomic mass is 19.4. The zero-order valence-electron chi connectivity index (χ0n) is 19.3. The Morgan fingerprint density at radius 2 is 1.89 bits per heavy atom. The van der Waals surface area contributed by atoms with Crippen molar-refractivity contribution in [1.29, 1.82) is 0 Å². The lowest BCUT2D eigenvalue weighted by Crippen LogP contribution is -2.51. The molecule has 9 heteroatoms. The van der Waals surface area contributed by atoms with Crippen LogP contribution >= 0.6 is 0 Å². The van der Waals surface area contributed by atoms with Gasteiger partial charge in [0.1, 0.15) is 11.5 Å². The average Bonchev–Trinajstić information content (AvgIpc) is 3.42. The summed E-state index contributed by atoms with van der Waals surface area (Å²) in [6, 6.07) is 9.91. The summed E-state index contributed by atoms with van der Waals surface area (Å²) >= 11 is 0. The number of ketones is 1. The van der Waals surface area contributed by atoms with Crippen LogP contribution in [0.2, 0.25) is 0 Å². The maximum absolute atomic E-state index is 14.2. The fraction of sp³-hybridized carbons (Fsp3) is 0.308. The van der Waals surface area contributed by atoms with E-state index < -0.39 is 41.6 Å². The minimum Gasteiger partial charge on any atom is -0.461 e. The summed E-state index contributed by atoms with van der Waals surface area (Å²) in [5.41, 5.74) is -2.65. The van der Waals surface area contributed by atoms with Crippen LogP contribution in [-0.2, 0) is 11.8 Å². The zero-order valence-corrected chi connectivity index (χ0v) is 19.3. The molecule has 35 heavy (non-hydrogen) atoms. The van der Waals surface area contributed by atoms with Gasteiger partial charge in [-0.05, 0) is 66.3 Å². The summed E-state index contributed by atoms with van der Waals surface area (Å²) < 4.78 is 61.5. The molecule has 0 amide bonds. The minimum atomic E-state index is -4.96. The molecular weight excluding hydrogens is 464 g/mol. The number of carbonyl (C=O) groups excluding carboxylic acids is 1. The van der Waals surface area contributed by atoms with Gasteiger partial charge in [-0.1, -0.05) is 19.9 Å². The maximum atomic E-state index is 14.2. The van der Waals surface area contributed by atoms with Crippen LogP contribution in [-0.4, -0.2) is 32.6 Å². The first-order valence-corrected chi connectivity index (χ1v) is 10.9. The SMILES string of the molecule is Cc1ccc(F)cc1C(C)(C)CC(O)(Cc1cc2cc(C(=O)c3ccco3)ncc2[nH]1)C(F)(F)F. The number of hydrogen-bond acceptors (Lipinski definition) is 4. The van der Waals surface area contributed by atoms with Crippen molar-refractivity contribution in [2.24, 2.45) is 0 Å². The van der Waals surface area contributed by atoms with Gasteiger partial charge in [0, 0.05) is 17.5 Å². The molecule has 1 aromatic carbocycles. The Morgan fingerprint density at radius 3 is 2.54 bits per heavy atom. The number of halogens is 4. The molecule has 0 aliphatic carbocycles. The molecule has 1 unspecified atom stereocenters. The molecule has 3 heterocycles. The van der Waals surface area contributed by atoms with Crippen molar-refractivity contribution < 1.29 is 31.9 Å². The van der Waals surface area contributed by atoms with Crippen molar-refractivity contribution in [3.8, 4) is 0 Å². The van der Waals surface area contributed by atoms with E-state index in [9.17, 15) is 27.5 Å². The number of furan rings is 1. The summed E-state index contributed by atoms with van der Waals surface area (Å²) in [5.74, 6) is -0.926. The highest BCUT2D eigenvalue weighted by Gasteiger charge is 2.56. The zero-order chi connectivity index (χ0) is 25.6. The number of alkyl halides is 3. The van der Waals surface area contributed by atoms with Gasteiger partial charge < -0.3 is 14.5 Å². The summed E-state index contributed by atoms with van der Waals surface area (Å²) in [4.78, 5) is 19.4. The number of nitrogens with zero attached hydrogens (tertiary/aromatic N) is 1. The monoisotopic (exact) mass is 488 g/mol. The van der Waals surface area contributed by atoms with Gasteiger partial charge in [0.2, 0.25) is 5.78 Å². The predicted octanol–water partition coefficient (Wildman–Crippen LogP) is 6.04. The predicted molar refractivity (Wildman–Crippen MR) is 122 cm³/mol. The summed E-state index contributed by atoms with van der Waals surface area (Å²) in [7, 11) is 0. The van der Waals surface area contributed by atoms with E-state index >= 15 is 0 Å². The van der Waals surface area contributed by atoms with Gasteiger partial charge in [0.25, 0.3) is 0 Å². The number of pyridine rings is 1. The maximum Gasteiger partial charge on any atom is 0.417 e. The molecule has 0 aliphatic rings. The number of fused-ring (bicyclic) bond motifs is 1. The van der Waals surface area contributed by atoms with E-state index in [1.54, 1.807) is 26.8 Å². The number of carbonyl (C=O) groups is 1. The lowest BCUT2D eigenvalue weighted by Gasteiger charge is -2.38. The molecule has 3 aromatic heterocycles. The number of aromatic amines is 1. The first kappa shape index (κ1) is 24.7. The number of aromatic nitrogens is 2. The highest BCUT2D eigenvalue weighted by molar-refractivity contribution is 6.07. The third-order valence-electron chi connectivity index (χ3n) is 6.21. The Morgan fingerprint density at radius 1 is 1.14 bits per heavy atom. The van der Waals surface area contributed by atoms with Crippen molar-refractivity contribution in [2.45, 2.75) is 50.8 Å². The van der Waals surface area contributed by atoms with Crippen molar-refractivity contribution in [2.75, 3.05) is 0 Å². The van der Waals surface area contributed by atoms with Gasteiger partial charge >= 0.3 is 6.18 Å². The van der Waals surface area contributed by atoms with Crippen molar-refractivity contribution in [3.05, 3.63) is 89.0 Å². The van der Waals surface area contributed by atoms with E-state index in [2.05, 4.69) is 9.97 Å². The van der Waals surface area contributed by atoms with Gasteiger partial charge in [0.05, 0.1) is 18.0 Å². The topological polar surface area (TPSA) is 79.1 Å². The van der Waals surface area contributed by atoms with Crippen LogP contribution in [0.5, 0.6) is 0 Å². The molecular formula is C26H24F4N2O3. The van der Waals surface area contributed by atoms with Gasteiger partial charge in [-0.15, -0.1) is 0 Å². The second kappa shape index (κ2) is 8.64. The van der Waals surface area contributed by atoms with Gasteiger partial charge in [-0.25, -0.2) is 4.39 Å². The third-order valence-corrected chi connectivity index (χ3v) is 6.21. The molecule has 4 rings (SSSR count). The van der Waals surface area contributed by atoms with E-state index in [-0.39, 0.29) is 17.1 Å².